The van der Waals surface area contributed by atoms with Gasteiger partial charge in [-0.05, 0) is 43.5 Å². The molecule has 1 aromatic carbocycles. The lowest BCUT2D eigenvalue weighted by atomic mass is 10.2. The van der Waals surface area contributed by atoms with Crippen LogP contribution in [0.3, 0.4) is 0 Å². The Morgan fingerprint density at radius 1 is 1.17 bits per heavy atom. The van der Waals surface area contributed by atoms with Gasteiger partial charge in [0.25, 0.3) is 0 Å². The van der Waals surface area contributed by atoms with Gasteiger partial charge in [0.1, 0.15) is 5.75 Å². The Morgan fingerprint density at radius 3 is 2.62 bits per heavy atom. The highest BCUT2D eigenvalue weighted by molar-refractivity contribution is 7.99. The first-order chi connectivity index (χ1) is 11.8. The molecular weight excluding hydrogens is 320 g/mol. The Hall–Kier alpha value is -2.00. The van der Waals surface area contributed by atoms with Crippen LogP contribution < -0.4 is 4.74 Å². The maximum atomic E-state index is 8.60. The Kier molecular flexibility index (Phi) is 7.63. The van der Waals surface area contributed by atoms with E-state index in [0.717, 1.165) is 60.3 Å². The normalized spacial score (nSPS) is 10.5. The molecule has 0 bridgehead atoms. The summed E-state index contributed by atoms with van der Waals surface area (Å²) in [6.45, 7) is 3.11. The summed E-state index contributed by atoms with van der Waals surface area (Å²) in [5.41, 5.74) is 1.05. The fourth-order valence-electron chi connectivity index (χ4n) is 2.34. The molecule has 0 saturated heterocycles. The number of methoxy groups -OCH3 is 1. The molecule has 128 valence electrons. The largest absolute Gasteiger partial charge is 0.497 e. The van der Waals surface area contributed by atoms with E-state index in [2.05, 4.69) is 27.8 Å². The Morgan fingerprint density at radius 2 is 1.96 bits per heavy atom. The van der Waals surface area contributed by atoms with Gasteiger partial charge in [0.2, 0.25) is 0 Å². The maximum Gasteiger partial charge on any atom is 0.191 e. The number of thioether (sulfide) groups is 1. The number of nitrogens with zero attached hydrogens (tertiary/aromatic N) is 4. The molecule has 2 aromatic rings. The zero-order valence-corrected chi connectivity index (χ0v) is 15.2. The number of unbranched alkanes of at least 4 members (excludes halogenated alkanes) is 3. The van der Waals surface area contributed by atoms with Gasteiger partial charge in [-0.15, -0.1) is 10.2 Å². The van der Waals surface area contributed by atoms with Gasteiger partial charge in [-0.2, -0.15) is 5.26 Å². The average molecular weight is 344 g/mol. The zero-order chi connectivity index (χ0) is 17.2. The fraction of sp³-hybridized carbons (Fsp3) is 0.500. The molecule has 6 heteroatoms. The second-order valence-electron chi connectivity index (χ2n) is 5.50. The van der Waals surface area contributed by atoms with E-state index in [4.69, 9.17) is 10.00 Å². The predicted octanol–water partition coefficient (Wildman–Crippen LogP) is 4.54. The molecular formula is C18H24N4OS. The highest BCUT2D eigenvalue weighted by Crippen LogP contribution is 2.26. The van der Waals surface area contributed by atoms with E-state index in [1.54, 1.807) is 18.9 Å². The van der Waals surface area contributed by atoms with E-state index < -0.39 is 0 Å². The summed E-state index contributed by atoms with van der Waals surface area (Å²) < 4.78 is 7.43. The number of rotatable bonds is 10. The zero-order valence-electron chi connectivity index (χ0n) is 14.4. The first-order valence-corrected chi connectivity index (χ1v) is 9.36. The molecule has 0 aliphatic heterocycles. The van der Waals surface area contributed by atoms with Crippen molar-refractivity contribution in [2.45, 2.75) is 50.7 Å². The summed E-state index contributed by atoms with van der Waals surface area (Å²) in [5.74, 6) is 2.71. The topological polar surface area (TPSA) is 63.7 Å². The molecule has 0 aliphatic carbocycles. The van der Waals surface area contributed by atoms with Crippen LogP contribution in [0.15, 0.2) is 29.4 Å². The van der Waals surface area contributed by atoms with Crippen molar-refractivity contribution in [3.8, 4) is 23.2 Å². The second-order valence-corrected chi connectivity index (χ2v) is 6.57. The van der Waals surface area contributed by atoms with Gasteiger partial charge in [0.15, 0.2) is 11.0 Å². The molecule has 5 nitrogen and oxygen atoms in total. The second kappa shape index (κ2) is 9.99. The molecule has 0 amide bonds. The van der Waals surface area contributed by atoms with Gasteiger partial charge >= 0.3 is 0 Å². The number of benzene rings is 1. The molecule has 24 heavy (non-hydrogen) atoms. The molecule has 0 N–H and O–H groups in total. The molecule has 0 aliphatic rings. The van der Waals surface area contributed by atoms with E-state index >= 15 is 0 Å². The van der Waals surface area contributed by atoms with Crippen molar-refractivity contribution in [2.75, 3.05) is 12.9 Å². The van der Waals surface area contributed by atoms with Crippen LogP contribution in [0.1, 0.15) is 39.0 Å². The van der Waals surface area contributed by atoms with Crippen LogP contribution in [0.4, 0.5) is 0 Å². The van der Waals surface area contributed by atoms with Crippen molar-refractivity contribution in [3.63, 3.8) is 0 Å². The van der Waals surface area contributed by atoms with E-state index in [1.807, 2.05) is 24.3 Å². The lowest BCUT2D eigenvalue weighted by molar-refractivity contribution is 0.415. The van der Waals surface area contributed by atoms with E-state index in [9.17, 15) is 0 Å². The molecule has 0 fully saturated rings. The molecule has 1 heterocycles. The van der Waals surface area contributed by atoms with Crippen molar-refractivity contribution in [2.24, 2.45) is 0 Å². The van der Waals surface area contributed by atoms with Crippen molar-refractivity contribution >= 4 is 11.8 Å². The minimum absolute atomic E-state index is 0.625. The van der Waals surface area contributed by atoms with Crippen molar-refractivity contribution < 1.29 is 4.74 Å². The first-order valence-electron chi connectivity index (χ1n) is 8.37. The summed E-state index contributed by atoms with van der Waals surface area (Å²) in [6, 6.07) is 10.1. The van der Waals surface area contributed by atoms with Crippen LogP contribution >= 0.6 is 11.8 Å². The predicted molar refractivity (Wildman–Crippen MR) is 97.1 cm³/mol. The lowest BCUT2D eigenvalue weighted by Crippen LogP contribution is -2.03. The molecule has 2 rings (SSSR count). The van der Waals surface area contributed by atoms with Gasteiger partial charge in [-0.25, -0.2) is 0 Å². The van der Waals surface area contributed by atoms with Crippen LogP contribution in [0.2, 0.25) is 0 Å². The number of ether oxygens (including phenoxy) is 1. The number of nitriles is 1. The van der Waals surface area contributed by atoms with E-state index in [0.29, 0.717) is 6.42 Å². The summed E-state index contributed by atoms with van der Waals surface area (Å²) >= 11 is 1.73. The van der Waals surface area contributed by atoms with Crippen LogP contribution in [-0.4, -0.2) is 27.6 Å². The summed E-state index contributed by atoms with van der Waals surface area (Å²) in [7, 11) is 1.67. The van der Waals surface area contributed by atoms with Gasteiger partial charge < -0.3 is 9.30 Å². The molecule has 0 saturated carbocycles. The van der Waals surface area contributed by atoms with Crippen LogP contribution in [0.5, 0.6) is 5.75 Å². The average Bonchev–Trinajstić information content (AvgIpc) is 3.02. The van der Waals surface area contributed by atoms with Crippen molar-refractivity contribution in [1.29, 1.82) is 5.26 Å². The lowest BCUT2D eigenvalue weighted by Gasteiger charge is -2.10. The maximum absolute atomic E-state index is 8.60. The SMILES string of the molecule is CCCCn1c(SCCCCC#N)nnc1-c1ccc(OC)cc1. The minimum atomic E-state index is 0.625. The van der Waals surface area contributed by atoms with Gasteiger partial charge in [0.05, 0.1) is 13.2 Å². The molecule has 0 spiro atoms. The molecule has 1 aromatic heterocycles. The minimum Gasteiger partial charge on any atom is -0.497 e. The van der Waals surface area contributed by atoms with E-state index in [-0.39, 0.29) is 0 Å². The Bertz CT molecular complexity index is 661. The standard InChI is InChI=1S/C18H24N4OS/c1-3-4-13-22-17(15-8-10-16(23-2)11-9-15)20-21-18(22)24-14-7-5-6-12-19/h8-11H,3-7,13-14H2,1-2H3. The smallest absolute Gasteiger partial charge is 0.191 e. The summed E-state index contributed by atoms with van der Waals surface area (Å²) in [4.78, 5) is 0. The van der Waals surface area contributed by atoms with Crippen LogP contribution in [-0.2, 0) is 6.54 Å². The van der Waals surface area contributed by atoms with Gasteiger partial charge in [-0.3, -0.25) is 0 Å². The third-order valence-electron chi connectivity index (χ3n) is 3.71. The van der Waals surface area contributed by atoms with Crippen LogP contribution in [0.25, 0.3) is 11.4 Å². The quantitative estimate of drug-likeness (QED) is 0.468. The fourth-order valence-corrected chi connectivity index (χ4v) is 3.30. The summed E-state index contributed by atoms with van der Waals surface area (Å²) in [6.07, 6.45) is 4.82. The Balaban J connectivity index is 2.13. The molecule has 0 radical (unpaired) electrons. The summed E-state index contributed by atoms with van der Waals surface area (Å²) in [5, 5.41) is 18.4. The van der Waals surface area contributed by atoms with Crippen LogP contribution in [0, 0.1) is 11.3 Å². The van der Waals surface area contributed by atoms with E-state index in [1.165, 1.54) is 0 Å². The first kappa shape index (κ1) is 18.3. The van der Waals surface area contributed by atoms with Gasteiger partial charge in [-0.1, -0.05) is 25.1 Å². The monoisotopic (exact) mass is 344 g/mol. The van der Waals surface area contributed by atoms with Gasteiger partial charge in [0, 0.05) is 24.3 Å². The third-order valence-corrected chi connectivity index (χ3v) is 4.77. The highest BCUT2D eigenvalue weighted by Gasteiger charge is 2.14. The third kappa shape index (κ3) is 5.00. The number of hydrogen-bond acceptors (Lipinski definition) is 5. The molecule has 0 unspecified atom stereocenters. The molecule has 0 atom stereocenters. The highest BCUT2D eigenvalue weighted by atomic mass is 32.2. The van der Waals surface area contributed by atoms with Crippen molar-refractivity contribution in [3.05, 3.63) is 24.3 Å². The van der Waals surface area contributed by atoms with Crippen molar-refractivity contribution in [1.82, 2.24) is 14.8 Å². The number of hydrogen-bond donors (Lipinski definition) is 0. The number of aromatic nitrogens is 3. The Labute approximate surface area is 148 Å².